The Hall–Kier alpha value is -1.10. The molecule has 0 aliphatic rings. The molecular formula is C15H25ClN2O2. The van der Waals surface area contributed by atoms with Gasteiger partial charge in [0, 0.05) is 13.2 Å². The summed E-state index contributed by atoms with van der Waals surface area (Å²) >= 11 is 0. The number of halogens is 1. The predicted molar refractivity (Wildman–Crippen MR) is 83.8 cm³/mol. The minimum absolute atomic E-state index is 0. The molecule has 0 aromatic heterocycles. The zero-order chi connectivity index (χ0) is 14.1. The van der Waals surface area contributed by atoms with E-state index in [1.54, 1.807) is 0 Å². The highest BCUT2D eigenvalue weighted by Gasteiger charge is 2.11. The SMILES string of the molecule is CCCC(N)C(=O)NCc1ccc(COCC)cc1.Cl. The summed E-state index contributed by atoms with van der Waals surface area (Å²) < 4.78 is 5.33. The Kier molecular flexibility index (Phi) is 10.1. The van der Waals surface area contributed by atoms with Gasteiger partial charge in [-0.2, -0.15) is 0 Å². The number of carbonyl (C=O) groups excluding carboxylic acids is 1. The van der Waals surface area contributed by atoms with Gasteiger partial charge >= 0.3 is 0 Å². The molecule has 5 heteroatoms. The van der Waals surface area contributed by atoms with E-state index >= 15 is 0 Å². The van der Waals surface area contributed by atoms with Gasteiger partial charge in [-0.05, 0) is 24.5 Å². The molecular weight excluding hydrogens is 276 g/mol. The molecule has 0 aliphatic carbocycles. The number of nitrogens with two attached hydrogens (primary N) is 1. The van der Waals surface area contributed by atoms with Gasteiger partial charge in [0.25, 0.3) is 0 Å². The van der Waals surface area contributed by atoms with Crippen LogP contribution in [0.3, 0.4) is 0 Å². The largest absolute Gasteiger partial charge is 0.377 e. The molecule has 0 aliphatic heterocycles. The van der Waals surface area contributed by atoms with E-state index in [9.17, 15) is 4.79 Å². The molecule has 0 spiro atoms. The summed E-state index contributed by atoms with van der Waals surface area (Å²) in [6.07, 6.45) is 1.64. The van der Waals surface area contributed by atoms with Gasteiger partial charge in [-0.3, -0.25) is 4.79 Å². The number of nitrogens with one attached hydrogen (secondary N) is 1. The van der Waals surface area contributed by atoms with Crippen LogP contribution in [0.1, 0.15) is 37.8 Å². The van der Waals surface area contributed by atoms with Gasteiger partial charge in [0.05, 0.1) is 12.6 Å². The lowest BCUT2D eigenvalue weighted by molar-refractivity contribution is -0.122. The molecule has 4 nitrogen and oxygen atoms in total. The number of hydrogen-bond acceptors (Lipinski definition) is 3. The van der Waals surface area contributed by atoms with Crippen LogP contribution in [-0.2, 0) is 22.7 Å². The molecule has 1 aromatic carbocycles. The van der Waals surface area contributed by atoms with Crippen LogP contribution in [0.15, 0.2) is 24.3 Å². The van der Waals surface area contributed by atoms with Gasteiger partial charge in [0.1, 0.15) is 0 Å². The summed E-state index contributed by atoms with van der Waals surface area (Å²) in [5.41, 5.74) is 7.95. The molecule has 1 unspecified atom stereocenters. The molecule has 114 valence electrons. The third-order valence-corrected chi connectivity index (χ3v) is 2.90. The fourth-order valence-corrected chi connectivity index (χ4v) is 1.74. The highest BCUT2D eigenvalue weighted by Crippen LogP contribution is 2.06. The number of amides is 1. The summed E-state index contributed by atoms with van der Waals surface area (Å²) in [6, 6.07) is 7.63. The molecule has 3 N–H and O–H groups in total. The van der Waals surface area contributed by atoms with Crippen molar-refractivity contribution in [2.45, 2.75) is 45.9 Å². The summed E-state index contributed by atoms with van der Waals surface area (Å²) in [6.45, 7) is 5.86. The van der Waals surface area contributed by atoms with Gasteiger partial charge in [0.15, 0.2) is 0 Å². The molecule has 1 rings (SSSR count). The topological polar surface area (TPSA) is 64.4 Å². The first kappa shape index (κ1) is 18.9. The lowest BCUT2D eigenvalue weighted by atomic mass is 10.1. The third-order valence-electron chi connectivity index (χ3n) is 2.90. The monoisotopic (exact) mass is 300 g/mol. The Bertz CT molecular complexity index is 382. The molecule has 20 heavy (non-hydrogen) atoms. The molecule has 1 amide bonds. The van der Waals surface area contributed by atoms with Crippen molar-refractivity contribution >= 4 is 18.3 Å². The summed E-state index contributed by atoms with van der Waals surface area (Å²) in [5.74, 6) is -0.0831. The van der Waals surface area contributed by atoms with Crippen molar-refractivity contribution < 1.29 is 9.53 Å². The van der Waals surface area contributed by atoms with E-state index < -0.39 is 6.04 Å². The van der Waals surface area contributed by atoms with Gasteiger partial charge in [-0.25, -0.2) is 0 Å². The average Bonchev–Trinajstić information content (AvgIpc) is 2.43. The normalized spacial score (nSPS) is 11.6. The van der Waals surface area contributed by atoms with E-state index in [0.717, 1.165) is 24.0 Å². The van der Waals surface area contributed by atoms with Crippen molar-refractivity contribution in [3.05, 3.63) is 35.4 Å². The van der Waals surface area contributed by atoms with E-state index in [4.69, 9.17) is 10.5 Å². The molecule has 1 aromatic rings. The summed E-state index contributed by atoms with van der Waals surface area (Å²) in [7, 11) is 0. The number of benzene rings is 1. The van der Waals surface area contributed by atoms with Gasteiger partial charge in [-0.1, -0.05) is 37.6 Å². The van der Waals surface area contributed by atoms with E-state index in [1.165, 1.54) is 0 Å². The van der Waals surface area contributed by atoms with Crippen molar-refractivity contribution in [3.8, 4) is 0 Å². The predicted octanol–water partition coefficient (Wildman–Crippen LogP) is 2.39. The molecule has 0 fully saturated rings. The fraction of sp³-hybridized carbons (Fsp3) is 0.533. The smallest absolute Gasteiger partial charge is 0.237 e. The maximum absolute atomic E-state index is 11.7. The Morgan fingerprint density at radius 1 is 1.25 bits per heavy atom. The minimum atomic E-state index is -0.401. The lowest BCUT2D eigenvalue weighted by Crippen LogP contribution is -2.40. The first-order valence-electron chi connectivity index (χ1n) is 6.86. The number of hydrogen-bond donors (Lipinski definition) is 2. The first-order chi connectivity index (χ1) is 9.17. The Labute approximate surface area is 127 Å². The van der Waals surface area contributed by atoms with Gasteiger partial charge in [-0.15, -0.1) is 12.4 Å². The second kappa shape index (κ2) is 10.7. The van der Waals surface area contributed by atoms with E-state index in [0.29, 0.717) is 19.8 Å². The molecule has 0 saturated carbocycles. The van der Waals surface area contributed by atoms with E-state index in [-0.39, 0.29) is 18.3 Å². The number of carbonyl (C=O) groups is 1. The van der Waals surface area contributed by atoms with Crippen molar-refractivity contribution in [2.75, 3.05) is 6.61 Å². The van der Waals surface area contributed by atoms with Crippen LogP contribution in [0.5, 0.6) is 0 Å². The molecule has 0 radical (unpaired) electrons. The Balaban J connectivity index is 0.00000361. The molecule has 0 heterocycles. The molecule has 0 bridgehead atoms. The van der Waals surface area contributed by atoms with Crippen LogP contribution >= 0.6 is 12.4 Å². The van der Waals surface area contributed by atoms with Crippen molar-refractivity contribution in [1.82, 2.24) is 5.32 Å². The average molecular weight is 301 g/mol. The quantitative estimate of drug-likeness (QED) is 0.775. The van der Waals surface area contributed by atoms with Crippen LogP contribution in [0.4, 0.5) is 0 Å². The maximum Gasteiger partial charge on any atom is 0.237 e. The highest BCUT2D eigenvalue weighted by atomic mass is 35.5. The third kappa shape index (κ3) is 6.89. The van der Waals surface area contributed by atoms with Crippen molar-refractivity contribution in [3.63, 3.8) is 0 Å². The molecule has 1 atom stereocenters. The highest BCUT2D eigenvalue weighted by molar-refractivity contribution is 5.85. The number of ether oxygens (including phenoxy) is 1. The number of rotatable bonds is 8. The summed E-state index contributed by atoms with van der Waals surface area (Å²) in [4.78, 5) is 11.7. The maximum atomic E-state index is 11.7. The van der Waals surface area contributed by atoms with Crippen LogP contribution in [-0.4, -0.2) is 18.6 Å². The fourth-order valence-electron chi connectivity index (χ4n) is 1.74. The first-order valence-corrected chi connectivity index (χ1v) is 6.86. The van der Waals surface area contributed by atoms with Crippen LogP contribution in [0.25, 0.3) is 0 Å². The van der Waals surface area contributed by atoms with E-state index in [2.05, 4.69) is 5.32 Å². The lowest BCUT2D eigenvalue weighted by Gasteiger charge is -2.11. The van der Waals surface area contributed by atoms with Crippen molar-refractivity contribution in [2.24, 2.45) is 5.73 Å². The zero-order valence-corrected chi connectivity index (χ0v) is 13.0. The molecule has 0 saturated heterocycles. The Morgan fingerprint density at radius 2 is 1.85 bits per heavy atom. The standard InChI is InChI=1S/C15H24N2O2.ClH/c1-3-5-14(16)15(18)17-10-12-6-8-13(9-7-12)11-19-4-2;/h6-9,14H,3-5,10-11,16H2,1-2H3,(H,17,18);1H. The second-order valence-electron chi connectivity index (χ2n) is 4.57. The van der Waals surface area contributed by atoms with Gasteiger partial charge in [0.2, 0.25) is 5.91 Å². The van der Waals surface area contributed by atoms with Crippen LogP contribution in [0.2, 0.25) is 0 Å². The van der Waals surface area contributed by atoms with Crippen LogP contribution in [0, 0.1) is 0 Å². The van der Waals surface area contributed by atoms with E-state index in [1.807, 2.05) is 38.1 Å². The minimum Gasteiger partial charge on any atom is -0.377 e. The Morgan fingerprint density at radius 3 is 2.40 bits per heavy atom. The second-order valence-corrected chi connectivity index (χ2v) is 4.57. The van der Waals surface area contributed by atoms with Gasteiger partial charge < -0.3 is 15.8 Å². The van der Waals surface area contributed by atoms with Crippen molar-refractivity contribution in [1.29, 1.82) is 0 Å². The zero-order valence-electron chi connectivity index (χ0n) is 12.2. The summed E-state index contributed by atoms with van der Waals surface area (Å²) in [5, 5.41) is 2.85. The van der Waals surface area contributed by atoms with Crippen LogP contribution < -0.4 is 11.1 Å².